The lowest BCUT2D eigenvalue weighted by molar-refractivity contribution is 0.0782. The normalized spacial score (nSPS) is 10.5. The number of amides is 1. The number of hydrogen-bond acceptors (Lipinski definition) is 3. The van der Waals surface area contributed by atoms with Gasteiger partial charge in [0.05, 0.1) is 11.6 Å². The van der Waals surface area contributed by atoms with Crippen molar-refractivity contribution in [3.8, 4) is 0 Å². The van der Waals surface area contributed by atoms with E-state index in [0.717, 1.165) is 15.0 Å². The van der Waals surface area contributed by atoms with Crippen LogP contribution in [0.15, 0.2) is 28.8 Å². The first-order valence-electron chi connectivity index (χ1n) is 5.60. The van der Waals surface area contributed by atoms with E-state index >= 15 is 0 Å². The van der Waals surface area contributed by atoms with E-state index in [4.69, 9.17) is 16.1 Å². The smallest absolute Gasteiger partial charge is 0.254 e. The summed E-state index contributed by atoms with van der Waals surface area (Å²) in [4.78, 5) is 13.8. The number of carbonyl (C=O) groups excluding carboxylic acids is 1. The van der Waals surface area contributed by atoms with Crippen molar-refractivity contribution < 1.29 is 9.32 Å². The van der Waals surface area contributed by atoms with E-state index in [0.29, 0.717) is 17.1 Å². The molecule has 0 aliphatic rings. The van der Waals surface area contributed by atoms with Gasteiger partial charge >= 0.3 is 0 Å². The first-order valence-corrected chi connectivity index (χ1v) is 7.06. The van der Waals surface area contributed by atoms with Crippen LogP contribution in [0, 0.1) is 10.5 Å². The molecule has 2 aromatic rings. The Hall–Kier alpha value is -1.08. The van der Waals surface area contributed by atoms with Gasteiger partial charge in [-0.25, -0.2) is 0 Å². The quantitative estimate of drug-likeness (QED) is 0.754. The maximum absolute atomic E-state index is 12.2. The van der Waals surface area contributed by atoms with Crippen molar-refractivity contribution >= 4 is 40.1 Å². The molecule has 0 aliphatic carbocycles. The molecule has 0 bridgehead atoms. The Bertz CT molecular complexity index is 612. The van der Waals surface area contributed by atoms with Crippen LogP contribution in [-0.2, 0) is 6.54 Å². The lowest BCUT2D eigenvalue weighted by Gasteiger charge is -2.15. The van der Waals surface area contributed by atoms with E-state index in [1.54, 1.807) is 24.1 Å². The number of aromatic nitrogens is 1. The van der Waals surface area contributed by atoms with Crippen molar-refractivity contribution in [2.24, 2.45) is 0 Å². The third kappa shape index (κ3) is 3.48. The highest BCUT2D eigenvalue weighted by molar-refractivity contribution is 14.1. The molecule has 19 heavy (non-hydrogen) atoms. The fraction of sp³-hybridized carbons (Fsp3) is 0.231. The first-order chi connectivity index (χ1) is 8.97. The van der Waals surface area contributed by atoms with Gasteiger partial charge < -0.3 is 9.42 Å². The fourth-order valence-corrected chi connectivity index (χ4v) is 2.17. The summed E-state index contributed by atoms with van der Waals surface area (Å²) in [7, 11) is 1.72. The lowest BCUT2D eigenvalue weighted by atomic mass is 10.2. The average molecular weight is 391 g/mol. The van der Waals surface area contributed by atoms with E-state index in [1.807, 2.05) is 19.1 Å². The van der Waals surface area contributed by atoms with Crippen LogP contribution in [0.1, 0.15) is 21.8 Å². The molecule has 6 heteroatoms. The van der Waals surface area contributed by atoms with Gasteiger partial charge in [-0.3, -0.25) is 4.79 Å². The molecule has 0 N–H and O–H groups in total. The largest absolute Gasteiger partial charge is 0.361 e. The second-order valence-electron chi connectivity index (χ2n) is 4.22. The number of benzene rings is 1. The molecule has 0 saturated carbocycles. The Kier molecular flexibility index (Phi) is 4.46. The second-order valence-corrected chi connectivity index (χ2v) is 5.79. The number of nitrogens with zero attached hydrogens (tertiary/aromatic N) is 2. The van der Waals surface area contributed by atoms with Gasteiger partial charge in [0.2, 0.25) is 0 Å². The van der Waals surface area contributed by atoms with Crippen LogP contribution in [0.25, 0.3) is 0 Å². The zero-order valence-electron chi connectivity index (χ0n) is 10.5. The van der Waals surface area contributed by atoms with Crippen LogP contribution in [-0.4, -0.2) is 23.0 Å². The molecule has 0 saturated heterocycles. The van der Waals surface area contributed by atoms with Crippen molar-refractivity contribution in [3.05, 3.63) is 49.9 Å². The maximum atomic E-state index is 12.2. The van der Waals surface area contributed by atoms with E-state index in [9.17, 15) is 4.79 Å². The fourth-order valence-electron chi connectivity index (χ4n) is 1.66. The lowest BCUT2D eigenvalue weighted by Crippen LogP contribution is -2.26. The van der Waals surface area contributed by atoms with Crippen molar-refractivity contribution in [3.63, 3.8) is 0 Å². The molecule has 0 fully saturated rings. The van der Waals surface area contributed by atoms with Gasteiger partial charge in [0.25, 0.3) is 5.91 Å². The molecule has 0 spiro atoms. The SMILES string of the molecule is Cc1cc(CN(C)C(=O)c2ccc(I)c(Cl)c2)no1. The number of rotatable bonds is 3. The minimum atomic E-state index is -0.0982. The van der Waals surface area contributed by atoms with Gasteiger partial charge in [0.15, 0.2) is 0 Å². The molecule has 1 aromatic carbocycles. The molecule has 100 valence electrons. The highest BCUT2D eigenvalue weighted by Crippen LogP contribution is 2.20. The highest BCUT2D eigenvalue weighted by Gasteiger charge is 2.14. The summed E-state index contributed by atoms with van der Waals surface area (Å²) in [6.45, 7) is 2.22. The Balaban J connectivity index is 2.12. The number of halogens is 2. The summed E-state index contributed by atoms with van der Waals surface area (Å²) >= 11 is 8.14. The second kappa shape index (κ2) is 5.92. The first kappa shape index (κ1) is 14.3. The predicted molar refractivity (Wildman–Crippen MR) is 81.2 cm³/mol. The van der Waals surface area contributed by atoms with Gasteiger partial charge in [0.1, 0.15) is 11.5 Å². The van der Waals surface area contributed by atoms with Crippen molar-refractivity contribution in [1.29, 1.82) is 0 Å². The Morgan fingerprint density at radius 2 is 2.21 bits per heavy atom. The van der Waals surface area contributed by atoms with E-state index < -0.39 is 0 Å². The van der Waals surface area contributed by atoms with Gasteiger partial charge in [-0.2, -0.15) is 0 Å². The van der Waals surface area contributed by atoms with Crippen LogP contribution in [0.3, 0.4) is 0 Å². The molecular formula is C13H12ClIN2O2. The van der Waals surface area contributed by atoms with Crippen LogP contribution in [0.5, 0.6) is 0 Å². The van der Waals surface area contributed by atoms with Crippen LogP contribution >= 0.6 is 34.2 Å². The zero-order valence-corrected chi connectivity index (χ0v) is 13.4. The van der Waals surface area contributed by atoms with Crippen molar-refractivity contribution in [1.82, 2.24) is 10.1 Å². The summed E-state index contributed by atoms with van der Waals surface area (Å²) in [5.74, 6) is 0.632. The van der Waals surface area contributed by atoms with Gasteiger partial charge in [-0.15, -0.1) is 0 Å². The molecule has 0 unspecified atom stereocenters. The molecule has 0 radical (unpaired) electrons. The maximum Gasteiger partial charge on any atom is 0.254 e. The number of carbonyl (C=O) groups is 1. The summed E-state index contributed by atoms with van der Waals surface area (Å²) < 4.78 is 5.90. The molecular weight excluding hydrogens is 379 g/mol. The van der Waals surface area contributed by atoms with Crippen molar-refractivity contribution in [2.45, 2.75) is 13.5 Å². The molecule has 2 rings (SSSR count). The molecule has 1 amide bonds. The van der Waals surface area contributed by atoms with Gasteiger partial charge in [0, 0.05) is 22.2 Å². The molecule has 0 aliphatic heterocycles. The minimum absolute atomic E-state index is 0.0982. The third-order valence-electron chi connectivity index (χ3n) is 2.59. The summed E-state index contributed by atoms with van der Waals surface area (Å²) in [6, 6.07) is 7.08. The third-order valence-corrected chi connectivity index (χ3v) is 4.16. The Morgan fingerprint density at radius 3 is 2.79 bits per heavy atom. The van der Waals surface area contributed by atoms with Crippen LogP contribution in [0.2, 0.25) is 5.02 Å². The molecule has 0 atom stereocenters. The van der Waals surface area contributed by atoms with E-state index in [2.05, 4.69) is 27.7 Å². The van der Waals surface area contributed by atoms with Gasteiger partial charge in [-0.1, -0.05) is 16.8 Å². The minimum Gasteiger partial charge on any atom is -0.361 e. The topological polar surface area (TPSA) is 46.3 Å². The summed E-state index contributed by atoms with van der Waals surface area (Å²) in [6.07, 6.45) is 0. The molecule has 4 nitrogen and oxygen atoms in total. The van der Waals surface area contributed by atoms with Crippen molar-refractivity contribution in [2.75, 3.05) is 7.05 Å². The highest BCUT2D eigenvalue weighted by atomic mass is 127. The Labute approximate surface area is 129 Å². The predicted octanol–water partition coefficient (Wildman–Crippen LogP) is 3.51. The average Bonchev–Trinajstić information content (AvgIpc) is 2.77. The standard InChI is InChI=1S/C13H12ClIN2O2/c1-8-5-10(16-19-8)7-17(2)13(18)9-3-4-12(15)11(14)6-9/h3-6H,7H2,1-2H3. The van der Waals surface area contributed by atoms with E-state index in [-0.39, 0.29) is 5.91 Å². The van der Waals surface area contributed by atoms with Gasteiger partial charge in [-0.05, 0) is 47.7 Å². The number of aryl methyl sites for hydroxylation is 1. The zero-order chi connectivity index (χ0) is 14.0. The molecule has 1 heterocycles. The number of hydrogen-bond donors (Lipinski definition) is 0. The van der Waals surface area contributed by atoms with Crippen LogP contribution in [0.4, 0.5) is 0 Å². The Morgan fingerprint density at radius 1 is 1.47 bits per heavy atom. The monoisotopic (exact) mass is 390 g/mol. The summed E-state index contributed by atoms with van der Waals surface area (Å²) in [5, 5.41) is 4.45. The van der Waals surface area contributed by atoms with Crippen LogP contribution < -0.4 is 0 Å². The van der Waals surface area contributed by atoms with E-state index in [1.165, 1.54) is 0 Å². The molecule has 1 aromatic heterocycles. The summed E-state index contributed by atoms with van der Waals surface area (Å²) in [5.41, 5.74) is 1.29.